The number of thiocarbonyl (C=S) groups is 1. The van der Waals surface area contributed by atoms with Crippen LogP contribution in [0.15, 0.2) is 88.5 Å². The average Bonchev–Trinajstić information content (AvgIpc) is 3.60. The fourth-order valence-corrected chi connectivity index (χ4v) is 5.91. The first-order valence-electron chi connectivity index (χ1n) is 10.9. The zero-order valence-corrected chi connectivity index (χ0v) is 22.4. The maximum Gasteiger partial charge on any atom is 0.266 e. The minimum atomic E-state index is -0.0310. The summed E-state index contributed by atoms with van der Waals surface area (Å²) in [7, 11) is 0. The lowest BCUT2D eigenvalue weighted by atomic mass is 10.3. The summed E-state index contributed by atoms with van der Waals surface area (Å²) in [5.41, 5.74) is 0. The van der Waals surface area contributed by atoms with Gasteiger partial charge in [0.2, 0.25) is 0 Å². The number of nitrogens with zero attached hydrogens (tertiary/aromatic N) is 1. The van der Waals surface area contributed by atoms with E-state index in [0.29, 0.717) is 26.4 Å². The first kappa shape index (κ1) is 25.8. The highest BCUT2D eigenvalue weighted by Crippen LogP contribution is 2.37. The van der Waals surface area contributed by atoms with Gasteiger partial charge in [0.15, 0.2) is 6.29 Å². The molecule has 0 bridgehead atoms. The van der Waals surface area contributed by atoms with Gasteiger partial charge in [-0.25, -0.2) is 0 Å². The number of hydrogen-bond donors (Lipinski definition) is 0. The Kier molecular flexibility index (Phi) is 9.07. The van der Waals surface area contributed by atoms with E-state index in [9.17, 15) is 9.59 Å². The van der Waals surface area contributed by atoms with Crippen molar-refractivity contribution in [2.45, 2.75) is 6.92 Å². The van der Waals surface area contributed by atoms with Gasteiger partial charge < -0.3 is 9.47 Å². The molecule has 1 aliphatic rings. The van der Waals surface area contributed by atoms with Crippen molar-refractivity contribution in [3.63, 3.8) is 0 Å². The summed E-state index contributed by atoms with van der Waals surface area (Å²) in [6.45, 7) is 2.52. The topological polar surface area (TPSA) is 55.8 Å². The lowest BCUT2D eigenvalue weighted by Crippen LogP contribution is -2.27. The number of para-hydroxylation sites is 2. The Morgan fingerprint density at radius 3 is 1.86 bits per heavy atom. The van der Waals surface area contributed by atoms with Crippen LogP contribution in [0.2, 0.25) is 0 Å². The van der Waals surface area contributed by atoms with E-state index in [0.717, 1.165) is 28.4 Å². The molecule has 1 saturated heterocycles. The van der Waals surface area contributed by atoms with Gasteiger partial charge in [-0.3, -0.25) is 14.5 Å². The second kappa shape index (κ2) is 12.6. The summed E-state index contributed by atoms with van der Waals surface area (Å²) in [6, 6.07) is 22.7. The van der Waals surface area contributed by atoms with Crippen LogP contribution in [0.3, 0.4) is 0 Å². The van der Waals surface area contributed by atoms with Crippen molar-refractivity contribution in [3.8, 4) is 23.0 Å². The Balaban J connectivity index is 0.000000187. The van der Waals surface area contributed by atoms with E-state index in [1.807, 2.05) is 90.5 Å². The number of aldehydes is 1. The van der Waals surface area contributed by atoms with Crippen molar-refractivity contribution in [1.29, 1.82) is 0 Å². The first-order valence-corrected chi connectivity index (χ1v) is 13.9. The molecule has 1 amide bonds. The number of carbonyl (C=O) groups excluding carboxylic acids is 2. The highest BCUT2D eigenvalue weighted by atomic mass is 32.2. The summed E-state index contributed by atoms with van der Waals surface area (Å²) in [4.78, 5) is 26.7. The molecular formula is C27H21NO4S4. The third-order valence-corrected chi connectivity index (χ3v) is 7.86. The fraction of sp³-hybridized carbons (Fsp3) is 0.0741. The van der Waals surface area contributed by atoms with E-state index in [-0.39, 0.29) is 5.91 Å². The summed E-state index contributed by atoms with van der Waals surface area (Å²) < 4.78 is 12.0. The fourth-order valence-electron chi connectivity index (χ4n) is 3.10. The van der Waals surface area contributed by atoms with Crippen molar-refractivity contribution in [2.75, 3.05) is 6.54 Å². The molecule has 182 valence electrons. The van der Waals surface area contributed by atoms with E-state index in [1.165, 1.54) is 34.4 Å². The highest BCUT2D eigenvalue weighted by Gasteiger charge is 2.31. The van der Waals surface area contributed by atoms with Crippen molar-refractivity contribution in [3.05, 3.63) is 98.2 Å². The number of thioether (sulfide) groups is 1. The minimum Gasteiger partial charge on any atom is -0.456 e. The van der Waals surface area contributed by atoms with E-state index < -0.39 is 0 Å². The van der Waals surface area contributed by atoms with Crippen LogP contribution < -0.4 is 9.47 Å². The van der Waals surface area contributed by atoms with Crippen LogP contribution in [-0.4, -0.2) is 28.0 Å². The molecule has 2 aromatic carbocycles. The van der Waals surface area contributed by atoms with Gasteiger partial charge in [0.1, 0.15) is 32.2 Å². The summed E-state index contributed by atoms with van der Waals surface area (Å²) in [5.74, 6) is 2.86. The molecule has 0 spiro atoms. The van der Waals surface area contributed by atoms with Crippen LogP contribution in [0.4, 0.5) is 0 Å². The van der Waals surface area contributed by atoms with E-state index in [1.54, 1.807) is 11.0 Å². The first-order chi connectivity index (χ1) is 17.6. The van der Waals surface area contributed by atoms with E-state index in [2.05, 4.69) is 0 Å². The number of ether oxygens (including phenoxy) is 2. The van der Waals surface area contributed by atoms with Crippen LogP contribution in [0.25, 0.3) is 6.08 Å². The Labute approximate surface area is 227 Å². The van der Waals surface area contributed by atoms with Gasteiger partial charge in [-0.1, -0.05) is 60.4 Å². The molecule has 0 aliphatic carbocycles. The van der Waals surface area contributed by atoms with Crippen molar-refractivity contribution in [2.24, 2.45) is 0 Å². The standard InChI is InChI=1S/C16H13NO2S3.C11H8O2S/c1-2-17-15(18)14(22-16(17)20)10-13-12(8-9-21-13)19-11-6-4-3-5-7-11;12-8-11-10(6-7-14-11)13-9-4-2-1-3-5-9/h3-10H,2H2,1H3;1-8H. The van der Waals surface area contributed by atoms with Gasteiger partial charge in [-0.15, -0.1) is 22.7 Å². The molecule has 0 unspecified atom stereocenters. The van der Waals surface area contributed by atoms with Gasteiger partial charge >= 0.3 is 0 Å². The molecule has 4 aromatic rings. The number of thiophene rings is 2. The molecule has 36 heavy (non-hydrogen) atoms. The van der Waals surface area contributed by atoms with Crippen molar-refractivity contribution < 1.29 is 19.1 Å². The van der Waals surface area contributed by atoms with Gasteiger partial charge in [0.05, 0.1) is 9.78 Å². The molecule has 9 heteroatoms. The Hall–Kier alpha value is -3.24. The third kappa shape index (κ3) is 6.50. The SMILES string of the molecule is CCN1C(=O)C(=Cc2sccc2Oc2ccccc2)SC1=S.O=Cc1sccc1Oc1ccccc1. The Morgan fingerprint density at radius 2 is 1.36 bits per heavy atom. The smallest absolute Gasteiger partial charge is 0.266 e. The van der Waals surface area contributed by atoms with Gasteiger partial charge in [0, 0.05) is 6.54 Å². The largest absolute Gasteiger partial charge is 0.456 e. The summed E-state index contributed by atoms with van der Waals surface area (Å²) in [6.07, 6.45) is 2.67. The number of likely N-dealkylation sites (N-methyl/N-ethyl adjacent to an activating group) is 1. The molecule has 0 atom stereocenters. The van der Waals surface area contributed by atoms with Crippen LogP contribution >= 0.6 is 46.7 Å². The molecule has 5 rings (SSSR count). The van der Waals surface area contributed by atoms with Gasteiger partial charge in [-0.2, -0.15) is 0 Å². The minimum absolute atomic E-state index is 0.0310. The van der Waals surface area contributed by atoms with Crippen LogP contribution in [0.5, 0.6) is 23.0 Å². The number of rotatable bonds is 7. The quantitative estimate of drug-likeness (QED) is 0.131. The Morgan fingerprint density at radius 1 is 0.833 bits per heavy atom. The van der Waals surface area contributed by atoms with Crippen LogP contribution in [0.1, 0.15) is 21.5 Å². The third-order valence-electron chi connectivity index (χ3n) is 4.82. The summed E-state index contributed by atoms with van der Waals surface area (Å²) >= 11 is 9.48. The zero-order valence-electron chi connectivity index (χ0n) is 19.2. The molecule has 0 N–H and O–H groups in total. The monoisotopic (exact) mass is 551 g/mol. The number of hydrogen-bond acceptors (Lipinski definition) is 8. The predicted molar refractivity (Wildman–Crippen MR) is 153 cm³/mol. The lowest BCUT2D eigenvalue weighted by molar-refractivity contribution is -0.121. The molecule has 1 fully saturated rings. The highest BCUT2D eigenvalue weighted by molar-refractivity contribution is 8.26. The van der Waals surface area contributed by atoms with Gasteiger partial charge in [-0.05, 0) is 60.2 Å². The number of carbonyl (C=O) groups is 2. The Bertz CT molecular complexity index is 1360. The lowest BCUT2D eigenvalue weighted by Gasteiger charge is -2.09. The molecule has 5 nitrogen and oxygen atoms in total. The molecule has 1 aliphatic heterocycles. The van der Waals surface area contributed by atoms with Crippen molar-refractivity contribution in [1.82, 2.24) is 4.90 Å². The van der Waals surface area contributed by atoms with Crippen LogP contribution in [0, 0.1) is 0 Å². The second-order valence-electron chi connectivity index (χ2n) is 7.17. The molecule has 0 saturated carbocycles. The second-order valence-corrected chi connectivity index (χ2v) is 10.7. The normalized spacial score (nSPS) is 13.9. The van der Waals surface area contributed by atoms with E-state index in [4.69, 9.17) is 21.7 Å². The maximum atomic E-state index is 12.3. The van der Waals surface area contributed by atoms with E-state index >= 15 is 0 Å². The molecular weight excluding hydrogens is 531 g/mol. The summed E-state index contributed by atoms with van der Waals surface area (Å²) in [5, 5.41) is 3.78. The van der Waals surface area contributed by atoms with Crippen LogP contribution in [-0.2, 0) is 4.79 Å². The number of benzene rings is 2. The zero-order chi connectivity index (χ0) is 25.3. The maximum absolute atomic E-state index is 12.3. The molecule has 3 heterocycles. The number of amides is 1. The average molecular weight is 552 g/mol. The molecule has 0 radical (unpaired) electrons. The predicted octanol–water partition coefficient (Wildman–Crippen LogP) is 8.11. The van der Waals surface area contributed by atoms with Gasteiger partial charge in [0.25, 0.3) is 5.91 Å². The molecule has 2 aromatic heterocycles. The van der Waals surface area contributed by atoms with Crippen molar-refractivity contribution >= 4 is 69.2 Å².